The summed E-state index contributed by atoms with van der Waals surface area (Å²) in [4.78, 5) is 11.4. The van der Waals surface area contributed by atoms with E-state index in [4.69, 9.17) is 9.47 Å². The van der Waals surface area contributed by atoms with Gasteiger partial charge in [-0.15, -0.1) is 0 Å². The number of aromatic nitrogens is 2. The van der Waals surface area contributed by atoms with Crippen LogP contribution < -0.4 is 14.2 Å². The van der Waals surface area contributed by atoms with Gasteiger partial charge in [-0.2, -0.15) is 5.10 Å². The van der Waals surface area contributed by atoms with Crippen molar-refractivity contribution < 1.29 is 22.7 Å². The number of rotatable bonds is 6. The van der Waals surface area contributed by atoms with Crippen LogP contribution in [0.15, 0.2) is 65.8 Å². The van der Waals surface area contributed by atoms with Crippen LogP contribution in [0.5, 0.6) is 11.5 Å². The Morgan fingerprint density at radius 2 is 1.90 bits per heavy atom. The molecule has 1 aromatic heterocycles. The number of nitrogens with zero attached hydrogens (tertiary/aromatic N) is 2. The Hall–Kier alpha value is -3.33. The van der Waals surface area contributed by atoms with E-state index in [1.165, 1.54) is 37.4 Å². The van der Waals surface area contributed by atoms with Crippen LogP contribution in [-0.4, -0.2) is 36.7 Å². The molecule has 0 bridgehead atoms. The third-order valence-corrected chi connectivity index (χ3v) is 5.81. The van der Waals surface area contributed by atoms with E-state index < -0.39 is 10.0 Å². The number of nitrogens with one attached hydrogen (secondary N) is 1. The van der Waals surface area contributed by atoms with Crippen LogP contribution in [0.2, 0.25) is 0 Å². The van der Waals surface area contributed by atoms with Gasteiger partial charge in [0.2, 0.25) is 0 Å². The Kier molecular flexibility index (Phi) is 4.98. The van der Waals surface area contributed by atoms with Crippen molar-refractivity contribution in [3.8, 4) is 11.5 Å². The van der Waals surface area contributed by atoms with Crippen molar-refractivity contribution in [3.05, 3.63) is 66.5 Å². The van der Waals surface area contributed by atoms with Crippen molar-refractivity contribution in [1.82, 2.24) is 9.78 Å². The molecular weight excluding hydrogens is 394 g/mol. The van der Waals surface area contributed by atoms with Crippen LogP contribution in [0, 0.1) is 0 Å². The Bertz CT molecular complexity index is 1140. The molecule has 0 radical (unpaired) electrons. The molecule has 0 fully saturated rings. The summed E-state index contributed by atoms with van der Waals surface area (Å²) in [5, 5.41) is 4.19. The van der Waals surface area contributed by atoms with Crippen molar-refractivity contribution in [2.24, 2.45) is 0 Å². The summed E-state index contributed by atoms with van der Waals surface area (Å²) in [7, 11) is -3.79. The molecule has 2 aromatic carbocycles. The number of para-hydroxylation sites is 2. The molecule has 1 N–H and O–H groups in total. The number of benzene rings is 2. The molecule has 0 saturated heterocycles. The third kappa shape index (κ3) is 4.24. The van der Waals surface area contributed by atoms with Crippen LogP contribution in [0.1, 0.15) is 17.3 Å². The van der Waals surface area contributed by atoms with Crippen molar-refractivity contribution in [2.45, 2.75) is 24.5 Å². The van der Waals surface area contributed by atoms with Gasteiger partial charge in [0, 0.05) is 11.8 Å². The molecule has 2 heterocycles. The third-order valence-electron chi connectivity index (χ3n) is 4.41. The zero-order valence-corrected chi connectivity index (χ0v) is 16.4. The van der Waals surface area contributed by atoms with Crippen LogP contribution in [0.25, 0.3) is 0 Å². The van der Waals surface area contributed by atoms with Gasteiger partial charge in [0.15, 0.2) is 23.4 Å². The first-order valence-corrected chi connectivity index (χ1v) is 10.4. The molecule has 1 atom stereocenters. The maximum Gasteiger partial charge on any atom is 0.261 e. The molecule has 0 amide bonds. The van der Waals surface area contributed by atoms with E-state index in [-0.39, 0.29) is 16.8 Å². The molecule has 8 nitrogen and oxygen atoms in total. The van der Waals surface area contributed by atoms with E-state index in [1.54, 1.807) is 10.9 Å². The van der Waals surface area contributed by atoms with Crippen molar-refractivity contribution in [1.29, 1.82) is 0 Å². The monoisotopic (exact) mass is 413 g/mol. The van der Waals surface area contributed by atoms with E-state index in [0.29, 0.717) is 35.9 Å². The number of carbonyl (C=O) groups excluding carboxylic acids is 1. The fraction of sp³-hybridized carbons (Fsp3) is 0.200. The van der Waals surface area contributed by atoms with E-state index >= 15 is 0 Å². The van der Waals surface area contributed by atoms with Gasteiger partial charge in [0.25, 0.3) is 10.0 Å². The number of fused-ring (bicyclic) bond motifs is 1. The van der Waals surface area contributed by atoms with Crippen LogP contribution in [0.3, 0.4) is 0 Å². The molecular formula is C20H19N3O5S. The molecule has 3 aromatic rings. The summed E-state index contributed by atoms with van der Waals surface area (Å²) < 4.78 is 40.7. The number of ether oxygens (including phenoxy) is 2. The quantitative estimate of drug-likeness (QED) is 0.624. The molecule has 0 aliphatic carbocycles. The lowest BCUT2D eigenvalue weighted by atomic mass is 10.2. The average Bonchev–Trinajstić information content (AvgIpc) is 3.14. The van der Waals surface area contributed by atoms with Gasteiger partial charge in [0.05, 0.1) is 23.3 Å². The number of hydrogen-bond donors (Lipinski definition) is 1. The number of anilines is 1. The summed E-state index contributed by atoms with van der Waals surface area (Å²) in [6.07, 6.45) is 2.78. The second kappa shape index (κ2) is 7.59. The smallest absolute Gasteiger partial charge is 0.261 e. The summed E-state index contributed by atoms with van der Waals surface area (Å²) in [6, 6.07) is 13.2. The van der Waals surface area contributed by atoms with Gasteiger partial charge in [-0.25, -0.2) is 8.42 Å². The van der Waals surface area contributed by atoms with Gasteiger partial charge in [-0.1, -0.05) is 24.3 Å². The molecule has 150 valence electrons. The lowest BCUT2D eigenvalue weighted by molar-refractivity contribution is 0.0759. The predicted octanol–water partition coefficient (Wildman–Crippen LogP) is 2.73. The minimum atomic E-state index is -3.79. The summed E-state index contributed by atoms with van der Waals surface area (Å²) in [5.41, 5.74) is 0.783. The highest BCUT2D eigenvalue weighted by molar-refractivity contribution is 7.92. The zero-order valence-electron chi connectivity index (χ0n) is 15.6. The first kappa shape index (κ1) is 19.0. The normalized spacial score (nSPS) is 15.7. The Labute approximate surface area is 168 Å². The second-order valence-electron chi connectivity index (χ2n) is 6.63. The van der Waals surface area contributed by atoms with Crippen LogP contribution >= 0.6 is 0 Å². The van der Waals surface area contributed by atoms with E-state index in [9.17, 15) is 13.2 Å². The Morgan fingerprint density at radius 3 is 2.62 bits per heavy atom. The van der Waals surface area contributed by atoms with Gasteiger partial charge >= 0.3 is 0 Å². The van der Waals surface area contributed by atoms with Crippen molar-refractivity contribution in [3.63, 3.8) is 0 Å². The second-order valence-corrected chi connectivity index (χ2v) is 8.32. The number of Topliss-reactive ketones (excluding diaryl/α,β-unsaturated/α-hetero) is 1. The van der Waals surface area contributed by atoms with Gasteiger partial charge in [0.1, 0.15) is 6.61 Å². The Balaban J connectivity index is 1.42. The molecule has 0 spiro atoms. The number of sulfonamides is 1. The molecule has 1 aliphatic rings. The molecule has 4 rings (SSSR count). The van der Waals surface area contributed by atoms with E-state index in [0.717, 1.165) is 0 Å². The maximum absolute atomic E-state index is 12.5. The fourth-order valence-electron chi connectivity index (χ4n) is 2.96. The first-order valence-electron chi connectivity index (χ1n) is 8.95. The van der Waals surface area contributed by atoms with Crippen LogP contribution in [0.4, 0.5) is 5.69 Å². The standard InChI is InChI=1S/C20H19N3O5S/c1-14(24)15-6-8-18(9-7-15)29(25,26)22-16-10-21-23(11-16)12-17-13-27-19-4-2-3-5-20(19)28-17/h2-11,17,22H,12-13H2,1H3. The highest BCUT2D eigenvalue weighted by Crippen LogP contribution is 2.31. The van der Waals surface area contributed by atoms with E-state index in [2.05, 4.69) is 9.82 Å². The lowest BCUT2D eigenvalue weighted by Gasteiger charge is -2.26. The lowest BCUT2D eigenvalue weighted by Crippen LogP contribution is -2.33. The first-order chi connectivity index (χ1) is 13.9. The van der Waals surface area contributed by atoms with Crippen molar-refractivity contribution >= 4 is 21.5 Å². The highest BCUT2D eigenvalue weighted by atomic mass is 32.2. The summed E-state index contributed by atoms with van der Waals surface area (Å²) in [5.74, 6) is 1.25. The molecule has 0 saturated carbocycles. The Morgan fingerprint density at radius 1 is 1.17 bits per heavy atom. The largest absolute Gasteiger partial charge is 0.486 e. The molecule has 1 unspecified atom stereocenters. The number of ketones is 1. The number of carbonyl (C=O) groups is 1. The minimum absolute atomic E-state index is 0.0656. The molecule has 29 heavy (non-hydrogen) atoms. The minimum Gasteiger partial charge on any atom is -0.486 e. The number of hydrogen-bond acceptors (Lipinski definition) is 6. The van der Waals surface area contributed by atoms with Gasteiger partial charge in [-0.3, -0.25) is 14.2 Å². The predicted molar refractivity (Wildman–Crippen MR) is 106 cm³/mol. The van der Waals surface area contributed by atoms with Gasteiger partial charge < -0.3 is 9.47 Å². The average molecular weight is 413 g/mol. The van der Waals surface area contributed by atoms with Crippen LogP contribution in [-0.2, 0) is 16.6 Å². The van der Waals surface area contributed by atoms with Gasteiger partial charge in [-0.05, 0) is 31.2 Å². The zero-order chi connectivity index (χ0) is 20.4. The summed E-state index contributed by atoms with van der Waals surface area (Å²) >= 11 is 0. The molecule has 9 heteroatoms. The topological polar surface area (TPSA) is 99.5 Å². The van der Waals surface area contributed by atoms with E-state index in [1.807, 2.05) is 24.3 Å². The fourth-order valence-corrected chi connectivity index (χ4v) is 3.99. The maximum atomic E-state index is 12.5. The van der Waals surface area contributed by atoms with Crippen molar-refractivity contribution in [2.75, 3.05) is 11.3 Å². The highest BCUT2D eigenvalue weighted by Gasteiger charge is 2.22. The SMILES string of the molecule is CC(=O)c1ccc(S(=O)(=O)Nc2cnn(CC3COc4ccccc4O3)c2)cc1. The molecule has 1 aliphatic heterocycles. The summed E-state index contributed by atoms with van der Waals surface area (Å²) in [6.45, 7) is 2.21.